The van der Waals surface area contributed by atoms with E-state index in [4.69, 9.17) is 0 Å². The summed E-state index contributed by atoms with van der Waals surface area (Å²) in [6.07, 6.45) is 4.10. The average Bonchev–Trinajstić information content (AvgIpc) is 3.45. The molecule has 1 heterocycles. The van der Waals surface area contributed by atoms with E-state index in [9.17, 15) is 9.59 Å². The van der Waals surface area contributed by atoms with Crippen LogP contribution in [0.2, 0.25) is 0 Å². The lowest BCUT2D eigenvalue weighted by Gasteiger charge is -2.29. The number of carbonyl (C=O) groups is 2. The van der Waals surface area contributed by atoms with Crippen molar-refractivity contribution in [2.24, 2.45) is 11.3 Å². The first-order valence-corrected chi connectivity index (χ1v) is 11.2. The highest BCUT2D eigenvalue weighted by Crippen LogP contribution is 2.37. The van der Waals surface area contributed by atoms with E-state index < -0.39 is 5.41 Å². The van der Waals surface area contributed by atoms with Crippen molar-refractivity contribution in [3.8, 4) is 11.1 Å². The molecule has 1 saturated carbocycles. The Morgan fingerprint density at radius 3 is 2.33 bits per heavy atom. The Morgan fingerprint density at radius 2 is 1.70 bits per heavy atom. The topological polar surface area (TPSA) is 49.4 Å². The molecule has 1 N–H and O–H groups in total. The second-order valence-corrected chi connectivity index (χ2v) is 9.43. The van der Waals surface area contributed by atoms with Crippen LogP contribution >= 0.6 is 0 Å². The quantitative estimate of drug-likeness (QED) is 0.742. The van der Waals surface area contributed by atoms with Crippen LogP contribution in [0.25, 0.3) is 11.1 Å². The molecule has 4 nitrogen and oxygen atoms in total. The molecule has 4 heteroatoms. The van der Waals surface area contributed by atoms with Gasteiger partial charge >= 0.3 is 0 Å². The van der Waals surface area contributed by atoms with Gasteiger partial charge in [-0.3, -0.25) is 9.59 Å². The number of rotatable bonds is 7. The maximum absolute atomic E-state index is 13.3. The van der Waals surface area contributed by atoms with Gasteiger partial charge in [-0.05, 0) is 48.3 Å². The molecule has 4 rings (SSSR count). The van der Waals surface area contributed by atoms with Crippen molar-refractivity contribution in [2.45, 2.75) is 52.0 Å². The summed E-state index contributed by atoms with van der Waals surface area (Å²) in [5, 5.41) is 3.22. The fourth-order valence-corrected chi connectivity index (χ4v) is 4.38. The van der Waals surface area contributed by atoms with Gasteiger partial charge in [0.2, 0.25) is 11.8 Å². The second kappa shape index (κ2) is 8.63. The second-order valence-electron chi connectivity index (χ2n) is 9.43. The van der Waals surface area contributed by atoms with Gasteiger partial charge in [0.25, 0.3) is 0 Å². The third-order valence-electron chi connectivity index (χ3n) is 6.29. The van der Waals surface area contributed by atoms with Crippen LogP contribution in [-0.4, -0.2) is 35.8 Å². The van der Waals surface area contributed by atoms with Crippen LogP contribution in [-0.2, 0) is 16.0 Å². The number of nitrogens with zero attached hydrogens (tertiary/aromatic N) is 1. The average molecular weight is 405 g/mol. The van der Waals surface area contributed by atoms with Gasteiger partial charge in [0, 0.05) is 25.6 Å². The first-order chi connectivity index (χ1) is 14.4. The number of carbonyl (C=O) groups excluding carboxylic acids is 2. The number of hydrogen-bond acceptors (Lipinski definition) is 2. The number of nitrogens with one attached hydrogen (secondary N) is 1. The summed E-state index contributed by atoms with van der Waals surface area (Å²) < 4.78 is 0. The molecule has 2 amide bonds. The molecule has 158 valence electrons. The zero-order valence-corrected chi connectivity index (χ0v) is 18.1. The fraction of sp³-hybridized carbons (Fsp3) is 0.462. The molecule has 0 aromatic heterocycles. The van der Waals surface area contributed by atoms with Crippen molar-refractivity contribution in [3.63, 3.8) is 0 Å². The highest BCUT2D eigenvalue weighted by molar-refractivity contribution is 5.86. The number of amides is 2. The Bertz CT molecular complexity index is 887. The molecule has 2 aromatic carbocycles. The lowest BCUT2D eigenvalue weighted by atomic mass is 9.79. The summed E-state index contributed by atoms with van der Waals surface area (Å²) in [7, 11) is 0. The SMILES string of the molecule is CC(C)CC(=O)N1CC[C@](Cc2ccc(-c3ccccc3)cc2)(C(=O)NC2CC2)C1. The van der Waals surface area contributed by atoms with E-state index in [0.29, 0.717) is 37.9 Å². The molecule has 1 aliphatic carbocycles. The number of likely N-dealkylation sites (tertiary alicyclic amines) is 1. The van der Waals surface area contributed by atoms with Crippen molar-refractivity contribution in [1.82, 2.24) is 10.2 Å². The van der Waals surface area contributed by atoms with Gasteiger partial charge in [-0.1, -0.05) is 68.4 Å². The Kier molecular flexibility index (Phi) is 5.94. The Morgan fingerprint density at radius 1 is 1.03 bits per heavy atom. The van der Waals surface area contributed by atoms with E-state index in [1.54, 1.807) is 0 Å². The van der Waals surface area contributed by atoms with E-state index in [-0.39, 0.29) is 11.8 Å². The van der Waals surface area contributed by atoms with Gasteiger partial charge in [-0.15, -0.1) is 0 Å². The van der Waals surface area contributed by atoms with Crippen LogP contribution in [0.5, 0.6) is 0 Å². The minimum absolute atomic E-state index is 0.122. The number of benzene rings is 2. The largest absolute Gasteiger partial charge is 0.353 e. The van der Waals surface area contributed by atoms with Crippen molar-refractivity contribution in [2.75, 3.05) is 13.1 Å². The predicted octanol–water partition coefficient (Wildman–Crippen LogP) is 4.44. The first kappa shape index (κ1) is 20.6. The molecule has 1 aliphatic heterocycles. The van der Waals surface area contributed by atoms with Gasteiger partial charge in [-0.2, -0.15) is 0 Å². The van der Waals surface area contributed by atoms with E-state index in [1.165, 1.54) is 11.1 Å². The van der Waals surface area contributed by atoms with Crippen molar-refractivity contribution < 1.29 is 9.59 Å². The molecule has 0 spiro atoms. The molecule has 1 atom stereocenters. The van der Waals surface area contributed by atoms with Crippen LogP contribution in [0.3, 0.4) is 0 Å². The standard InChI is InChI=1S/C26H32N2O2/c1-19(2)16-24(29)28-15-14-26(18-28,25(30)27-23-12-13-23)17-20-8-10-22(11-9-20)21-6-4-3-5-7-21/h3-11,19,23H,12-18H2,1-2H3,(H,27,30)/t26-/m1/s1. The summed E-state index contributed by atoms with van der Waals surface area (Å²) >= 11 is 0. The van der Waals surface area contributed by atoms with Gasteiger partial charge in [0.05, 0.1) is 5.41 Å². The summed E-state index contributed by atoms with van der Waals surface area (Å²) in [6.45, 7) is 5.33. The van der Waals surface area contributed by atoms with Gasteiger partial charge in [0.15, 0.2) is 0 Å². The molecule has 1 saturated heterocycles. The van der Waals surface area contributed by atoms with E-state index >= 15 is 0 Å². The highest BCUT2D eigenvalue weighted by atomic mass is 16.2. The van der Waals surface area contributed by atoms with Crippen LogP contribution in [0, 0.1) is 11.3 Å². The summed E-state index contributed by atoms with van der Waals surface area (Å²) in [4.78, 5) is 27.8. The van der Waals surface area contributed by atoms with Crippen molar-refractivity contribution in [1.29, 1.82) is 0 Å². The lowest BCUT2D eigenvalue weighted by molar-refractivity contribution is -0.133. The van der Waals surface area contributed by atoms with Crippen LogP contribution in [0.4, 0.5) is 0 Å². The normalized spacial score (nSPS) is 21.1. The smallest absolute Gasteiger partial charge is 0.228 e. The third kappa shape index (κ3) is 4.75. The highest BCUT2D eigenvalue weighted by Gasteiger charge is 2.47. The molecule has 30 heavy (non-hydrogen) atoms. The molecule has 0 radical (unpaired) electrons. The fourth-order valence-electron chi connectivity index (χ4n) is 4.38. The molecule has 2 aliphatic rings. The zero-order valence-electron chi connectivity index (χ0n) is 18.1. The molecule has 2 fully saturated rings. The molecular formula is C26H32N2O2. The lowest BCUT2D eigenvalue weighted by Crippen LogP contribution is -2.46. The van der Waals surface area contributed by atoms with E-state index in [1.807, 2.05) is 23.1 Å². The monoisotopic (exact) mass is 404 g/mol. The zero-order chi connectivity index (χ0) is 21.1. The van der Waals surface area contributed by atoms with Crippen LogP contribution in [0.15, 0.2) is 54.6 Å². The maximum atomic E-state index is 13.3. The molecule has 0 unspecified atom stereocenters. The van der Waals surface area contributed by atoms with Gasteiger partial charge in [0.1, 0.15) is 0 Å². The first-order valence-electron chi connectivity index (χ1n) is 11.2. The van der Waals surface area contributed by atoms with E-state index in [2.05, 4.69) is 55.6 Å². The van der Waals surface area contributed by atoms with Crippen LogP contribution < -0.4 is 5.32 Å². The molecular weight excluding hydrogens is 372 g/mol. The molecule has 2 aromatic rings. The summed E-state index contributed by atoms with van der Waals surface area (Å²) in [6, 6.07) is 19.2. The summed E-state index contributed by atoms with van der Waals surface area (Å²) in [5.74, 6) is 0.626. The predicted molar refractivity (Wildman–Crippen MR) is 120 cm³/mol. The Hall–Kier alpha value is -2.62. The summed E-state index contributed by atoms with van der Waals surface area (Å²) in [5.41, 5.74) is 3.00. The minimum Gasteiger partial charge on any atom is -0.353 e. The Labute approximate surface area is 179 Å². The minimum atomic E-state index is -0.524. The Balaban J connectivity index is 1.52. The number of hydrogen-bond donors (Lipinski definition) is 1. The van der Waals surface area contributed by atoms with Gasteiger partial charge < -0.3 is 10.2 Å². The van der Waals surface area contributed by atoms with Crippen molar-refractivity contribution >= 4 is 11.8 Å². The van der Waals surface area contributed by atoms with Gasteiger partial charge in [-0.25, -0.2) is 0 Å². The van der Waals surface area contributed by atoms with Crippen LogP contribution in [0.1, 0.15) is 45.1 Å². The molecule has 0 bridgehead atoms. The van der Waals surface area contributed by atoms with E-state index in [0.717, 1.165) is 24.8 Å². The van der Waals surface area contributed by atoms with Crippen molar-refractivity contribution in [3.05, 3.63) is 60.2 Å². The maximum Gasteiger partial charge on any atom is 0.228 e. The third-order valence-corrected chi connectivity index (χ3v) is 6.29.